The molecule has 3 N–H and O–H groups in total. The van der Waals surface area contributed by atoms with Gasteiger partial charge in [0.05, 0.1) is 23.6 Å². The van der Waals surface area contributed by atoms with E-state index in [4.69, 9.17) is 26.1 Å². The van der Waals surface area contributed by atoms with Crippen LogP contribution in [0, 0.1) is 5.82 Å². The normalized spacial score (nSPS) is 11.6. The minimum atomic E-state index is -5.08. The number of nitrogens with one attached hydrogen (secondary N) is 1. The van der Waals surface area contributed by atoms with Crippen molar-refractivity contribution in [1.29, 1.82) is 0 Å². The summed E-state index contributed by atoms with van der Waals surface area (Å²) in [6, 6.07) is 3.89. The SMILES string of the molecule is O=C(O)C(F)(F)F.ONC(=Nc1ccc(F)c(Cl)c1)c1nonc1Cn1ccnc1. The fourth-order valence-corrected chi connectivity index (χ4v) is 2.03. The highest BCUT2D eigenvalue weighted by atomic mass is 35.5. The largest absolute Gasteiger partial charge is 0.490 e. The fourth-order valence-electron chi connectivity index (χ4n) is 1.86. The maximum absolute atomic E-state index is 13.2. The van der Waals surface area contributed by atoms with Crippen molar-refractivity contribution in [3.8, 4) is 0 Å². The zero-order chi connectivity index (χ0) is 22.3. The number of aliphatic carboxylic acids is 1. The number of imidazole rings is 1. The van der Waals surface area contributed by atoms with Crippen molar-refractivity contribution >= 4 is 29.1 Å². The molecule has 3 rings (SSSR count). The van der Waals surface area contributed by atoms with Crippen molar-refractivity contribution in [1.82, 2.24) is 25.3 Å². The van der Waals surface area contributed by atoms with E-state index >= 15 is 0 Å². The van der Waals surface area contributed by atoms with Gasteiger partial charge < -0.3 is 9.67 Å². The van der Waals surface area contributed by atoms with Crippen molar-refractivity contribution < 1.29 is 37.3 Å². The van der Waals surface area contributed by atoms with Crippen molar-refractivity contribution in [2.75, 3.05) is 0 Å². The lowest BCUT2D eigenvalue weighted by Gasteiger charge is -2.04. The number of benzene rings is 1. The molecule has 160 valence electrons. The molecular formula is C15H11ClF4N6O4. The van der Waals surface area contributed by atoms with Gasteiger partial charge in [0.15, 0.2) is 11.5 Å². The maximum Gasteiger partial charge on any atom is 0.490 e. The Hall–Kier alpha value is -3.52. The Morgan fingerprint density at radius 2 is 2.03 bits per heavy atom. The number of nitrogens with zero attached hydrogens (tertiary/aromatic N) is 5. The molecule has 0 aliphatic heterocycles. The number of amidine groups is 1. The van der Waals surface area contributed by atoms with E-state index in [9.17, 15) is 22.8 Å². The Bertz CT molecular complexity index is 1020. The number of aromatic nitrogens is 4. The molecule has 0 aliphatic carbocycles. The van der Waals surface area contributed by atoms with Crippen molar-refractivity contribution in [2.24, 2.45) is 4.99 Å². The molecule has 0 fully saturated rings. The second-order valence-electron chi connectivity index (χ2n) is 5.27. The molecule has 2 aromatic heterocycles. The van der Waals surface area contributed by atoms with Gasteiger partial charge in [-0.1, -0.05) is 16.8 Å². The van der Waals surface area contributed by atoms with Crippen LogP contribution in [0.15, 0.2) is 46.5 Å². The lowest BCUT2D eigenvalue weighted by molar-refractivity contribution is -0.192. The third-order valence-corrected chi connectivity index (χ3v) is 3.45. The number of carboxylic acid groups (broad SMARTS) is 1. The molecule has 2 heterocycles. The molecule has 0 radical (unpaired) electrons. The van der Waals surface area contributed by atoms with Gasteiger partial charge in [-0.25, -0.2) is 23.8 Å². The monoisotopic (exact) mass is 450 g/mol. The van der Waals surface area contributed by atoms with Gasteiger partial charge in [-0.05, 0) is 23.4 Å². The van der Waals surface area contributed by atoms with Gasteiger partial charge in [0.25, 0.3) is 0 Å². The van der Waals surface area contributed by atoms with Crippen LogP contribution >= 0.6 is 11.6 Å². The Kier molecular flexibility index (Phi) is 7.43. The minimum absolute atomic E-state index is 0.0101. The summed E-state index contributed by atoms with van der Waals surface area (Å²) in [7, 11) is 0. The highest BCUT2D eigenvalue weighted by Gasteiger charge is 2.38. The van der Waals surface area contributed by atoms with E-state index in [0.29, 0.717) is 17.9 Å². The van der Waals surface area contributed by atoms with E-state index in [-0.39, 0.29) is 16.6 Å². The first kappa shape index (κ1) is 22.8. The molecule has 30 heavy (non-hydrogen) atoms. The number of hydroxylamine groups is 1. The van der Waals surface area contributed by atoms with Crippen LogP contribution in [0.3, 0.4) is 0 Å². The summed E-state index contributed by atoms with van der Waals surface area (Å²) in [5, 5.41) is 23.9. The summed E-state index contributed by atoms with van der Waals surface area (Å²) in [4.78, 5) is 16.9. The molecule has 10 nitrogen and oxygen atoms in total. The molecule has 0 amide bonds. The number of hydrogen-bond acceptors (Lipinski definition) is 7. The van der Waals surface area contributed by atoms with Crippen LogP contribution in [-0.2, 0) is 11.3 Å². The first-order chi connectivity index (χ1) is 14.1. The second kappa shape index (κ2) is 9.80. The van der Waals surface area contributed by atoms with Crippen LogP contribution in [0.4, 0.5) is 23.2 Å². The maximum atomic E-state index is 13.2. The van der Waals surface area contributed by atoms with E-state index in [2.05, 4.69) is 20.3 Å². The summed E-state index contributed by atoms with van der Waals surface area (Å²) in [5.74, 6) is -3.33. The molecule has 0 spiro atoms. The quantitative estimate of drug-likeness (QED) is 0.239. The van der Waals surface area contributed by atoms with Crippen LogP contribution in [0.2, 0.25) is 5.02 Å². The van der Waals surface area contributed by atoms with Crippen LogP contribution in [0.5, 0.6) is 0 Å². The average Bonchev–Trinajstić information content (AvgIpc) is 3.35. The van der Waals surface area contributed by atoms with Crippen LogP contribution in [-0.4, -0.2) is 48.2 Å². The van der Waals surface area contributed by atoms with Gasteiger partial charge in [-0.3, -0.25) is 10.7 Å². The van der Waals surface area contributed by atoms with Gasteiger partial charge >= 0.3 is 12.1 Å². The van der Waals surface area contributed by atoms with E-state index in [1.54, 1.807) is 23.3 Å². The molecule has 0 unspecified atom stereocenters. The highest BCUT2D eigenvalue weighted by molar-refractivity contribution is 6.31. The standard InChI is InChI=1S/C13H10ClFN6O2.C2HF3O2/c14-9-5-8(1-2-10(9)15)17-13(18-22)12-11(19-23-20-12)6-21-4-3-16-7-21;3-2(4,5)1(6)7/h1-5,7,22H,6H2,(H,17,18);(H,6,7). The Morgan fingerprint density at radius 1 is 1.33 bits per heavy atom. The lowest BCUT2D eigenvalue weighted by Crippen LogP contribution is -2.22. The molecule has 1 aromatic carbocycles. The minimum Gasteiger partial charge on any atom is -0.475 e. The average molecular weight is 451 g/mol. The molecule has 0 aliphatic rings. The lowest BCUT2D eigenvalue weighted by atomic mass is 10.2. The summed E-state index contributed by atoms with van der Waals surface area (Å²) < 4.78 is 51.4. The van der Waals surface area contributed by atoms with Gasteiger partial charge in [0.2, 0.25) is 0 Å². The fraction of sp³-hybridized carbons (Fsp3) is 0.133. The topological polar surface area (TPSA) is 139 Å². The number of aliphatic imine (C=N–C) groups is 1. The summed E-state index contributed by atoms with van der Waals surface area (Å²) in [6.45, 7) is 0.323. The third-order valence-electron chi connectivity index (χ3n) is 3.16. The van der Waals surface area contributed by atoms with Crippen molar-refractivity contribution in [3.05, 3.63) is 59.1 Å². The first-order valence-corrected chi connectivity index (χ1v) is 8.01. The van der Waals surface area contributed by atoms with Crippen molar-refractivity contribution in [3.63, 3.8) is 0 Å². The van der Waals surface area contributed by atoms with Crippen LogP contribution < -0.4 is 5.48 Å². The number of halogens is 5. The number of rotatable bonds is 4. The Morgan fingerprint density at radius 3 is 2.57 bits per heavy atom. The van der Waals surface area contributed by atoms with Crippen molar-refractivity contribution in [2.45, 2.75) is 12.7 Å². The predicted octanol–water partition coefficient (Wildman–Crippen LogP) is 2.80. The van der Waals surface area contributed by atoms with Gasteiger partial charge in [-0.2, -0.15) is 13.2 Å². The second-order valence-corrected chi connectivity index (χ2v) is 5.68. The van der Waals surface area contributed by atoms with Gasteiger partial charge in [-0.15, -0.1) is 0 Å². The van der Waals surface area contributed by atoms with Gasteiger partial charge in [0, 0.05) is 12.4 Å². The molecule has 15 heteroatoms. The molecule has 0 bridgehead atoms. The summed E-state index contributed by atoms with van der Waals surface area (Å²) in [6.07, 6.45) is -0.129. The van der Waals surface area contributed by atoms with E-state index < -0.39 is 18.0 Å². The molecular weight excluding hydrogens is 440 g/mol. The van der Waals surface area contributed by atoms with Crippen LogP contribution in [0.25, 0.3) is 0 Å². The van der Waals surface area contributed by atoms with E-state index in [0.717, 1.165) is 0 Å². The number of carboxylic acids is 1. The Balaban J connectivity index is 0.000000396. The zero-order valence-electron chi connectivity index (χ0n) is 14.5. The van der Waals surface area contributed by atoms with E-state index in [1.165, 1.54) is 18.2 Å². The molecule has 0 saturated carbocycles. The highest BCUT2D eigenvalue weighted by Crippen LogP contribution is 2.22. The third kappa shape index (κ3) is 6.25. The Labute approximate surface area is 169 Å². The number of hydrogen-bond donors (Lipinski definition) is 3. The smallest absolute Gasteiger partial charge is 0.475 e. The van der Waals surface area contributed by atoms with Crippen LogP contribution in [0.1, 0.15) is 11.4 Å². The van der Waals surface area contributed by atoms with Gasteiger partial charge in [0.1, 0.15) is 11.5 Å². The predicted molar refractivity (Wildman–Crippen MR) is 91.8 cm³/mol. The molecule has 3 aromatic rings. The summed E-state index contributed by atoms with van der Waals surface area (Å²) in [5.41, 5.74) is 2.89. The number of carbonyl (C=O) groups is 1. The molecule has 0 saturated heterocycles. The molecule has 0 atom stereocenters. The first-order valence-electron chi connectivity index (χ1n) is 7.63. The number of alkyl halides is 3. The summed E-state index contributed by atoms with van der Waals surface area (Å²) >= 11 is 5.71. The van der Waals surface area contributed by atoms with E-state index in [1.807, 2.05) is 5.48 Å². The zero-order valence-corrected chi connectivity index (χ0v) is 15.3.